The van der Waals surface area contributed by atoms with Crippen LogP contribution in [0, 0.1) is 12.4 Å². The van der Waals surface area contributed by atoms with Crippen LogP contribution in [0.1, 0.15) is 17.7 Å². The average Bonchev–Trinajstić information content (AvgIpc) is 3.50. The van der Waals surface area contributed by atoms with Gasteiger partial charge in [-0.2, -0.15) is 0 Å². The monoisotopic (exact) mass is 497 g/mol. The van der Waals surface area contributed by atoms with E-state index in [0.29, 0.717) is 48.8 Å². The van der Waals surface area contributed by atoms with Crippen LogP contribution in [0.25, 0.3) is 4.85 Å². The number of aromatic nitrogens is 2. The number of para-hydroxylation sites is 4. The number of nitrogens with one attached hydrogen (secondary N) is 1. The highest BCUT2D eigenvalue weighted by molar-refractivity contribution is 6.00. The summed E-state index contributed by atoms with van der Waals surface area (Å²) < 4.78 is 21.8. The van der Waals surface area contributed by atoms with E-state index in [1.807, 2.05) is 22.8 Å². The van der Waals surface area contributed by atoms with Gasteiger partial charge in [-0.25, -0.2) is 14.2 Å². The number of carbonyl (C=O) groups excluding carboxylic acids is 1. The summed E-state index contributed by atoms with van der Waals surface area (Å²) in [6.07, 6.45) is 3.98. The molecule has 1 amide bonds. The van der Waals surface area contributed by atoms with Crippen LogP contribution in [0.2, 0.25) is 0 Å². The lowest BCUT2D eigenvalue weighted by Crippen LogP contribution is -2.38. The number of benzene rings is 3. The maximum absolute atomic E-state index is 14.0. The molecule has 0 aliphatic carbocycles. The topological polar surface area (TPSA) is 84.0 Å². The van der Waals surface area contributed by atoms with Gasteiger partial charge in [0.25, 0.3) is 0 Å². The Hall–Kier alpha value is -4.68. The van der Waals surface area contributed by atoms with Crippen molar-refractivity contribution < 1.29 is 19.0 Å². The molecule has 9 heteroatoms. The second-order valence-corrected chi connectivity index (χ2v) is 8.66. The molecule has 8 nitrogen and oxygen atoms in total. The SMILES string of the molecule is [C-]#[N+]c1ccc(Cn2cncc2CNC2CCN(c3ccccc3Oc3ccccc3O)C2=O)cc1F. The number of rotatable bonds is 8. The lowest BCUT2D eigenvalue weighted by Gasteiger charge is -2.21. The van der Waals surface area contributed by atoms with Gasteiger partial charge in [0.2, 0.25) is 11.6 Å². The van der Waals surface area contributed by atoms with Crippen LogP contribution in [0.4, 0.5) is 15.8 Å². The summed E-state index contributed by atoms with van der Waals surface area (Å²) in [4.78, 5) is 22.3. The number of phenols is 1. The zero-order chi connectivity index (χ0) is 25.8. The number of nitrogens with zero attached hydrogens (tertiary/aromatic N) is 4. The molecule has 4 aromatic rings. The van der Waals surface area contributed by atoms with E-state index < -0.39 is 11.9 Å². The number of hydrogen-bond acceptors (Lipinski definition) is 5. The largest absolute Gasteiger partial charge is 0.504 e. The first-order valence-electron chi connectivity index (χ1n) is 11.8. The summed E-state index contributed by atoms with van der Waals surface area (Å²) in [5.74, 6) is 0.193. The number of carbonyl (C=O) groups is 1. The molecule has 1 saturated heterocycles. The van der Waals surface area contributed by atoms with Gasteiger partial charge in [0.05, 0.1) is 30.3 Å². The molecule has 1 aliphatic heterocycles. The first-order chi connectivity index (χ1) is 18.0. The van der Waals surface area contributed by atoms with Crippen molar-refractivity contribution in [2.75, 3.05) is 11.4 Å². The molecule has 0 radical (unpaired) electrons. The van der Waals surface area contributed by atoms with Crippen LogP contribution < -0.4 is 15.0 Å². The van der Waals surface area contributed by atoms with E-state index in [0.717, 1.165) is 5.69 Å². The summed E-state index contributed by atoms with van der Waals surface area (Å²) in [6, 6.07) is 18.1. The Labute approximate surface area is 213 Å². The molecule has 5 rings (SSSR count). The van der Waals surface area contributed by atoms with Crippen LogP contribution in [-0.2, 0) is 17.9 Å². The van der Waals surface area contributed by atoms with E-state index >= 15 is 0 Å². The van der Waals surface area contributed by atoms with Crippen molar-refractivity contribution in [3.8, 4) is 17.2 Å². The van der Waals surface area contributed by atoms with Crippen LogP contribution in [-0.4, -0.2) is 33.2 Å². The van der Waals surface area contributed by atoms with E-state index in [9.17, 15) is 14.3 Å². The number of amides is 1. The minimum absolute atomic E-state index is 0.00638. The Balaban J connectivity index is 1.25. The Morgan fingerprint density at radius 1 is 1.14 bits per heavy atom. The second kappa shape index (κ2) is 10.5. The molecule has 1 aromatic heterocycles. The van der Waals surface area contributed by atoms with Gasteiger partial charge in [-0.15, -0.1) is 0 Å². The Morgan fingerprint density at radius 2 is 1.92 bits per heavy atom. The molecule has 0 spiro atoms. The summed E-state index contributed by atoms with van der Waals surface area (Å²) in [5, 5.41) is 13.4. The molecule has 1 atom stereocenters. The maximum Gasteiger partial charge on any atom is 0.244 e. The highest BCUT2D eigenvalue weighted by atomic mass is 19.1. The number of aromatic hydroxyl groups is 1. The van der Waals surface area contributed by atoms with Crippen molar-refractivity contribution in [3.63, 3.8) is 0 Å². The lowest BCUT2D eigenvalue weighted by atomic mass is 10.2. The zero-order valence-corrected chi connectivity index (χ0v) is 19.8. The molecule has 3 aromatic carbocycles. The van der Waals surface area contributed by atoms with Crippen molar-refractivity contribution in [2.24, 2.45) is 0 Å². The highest BCUT2D eigenvalue weighted by Crippen LogP contribution is 2.37. The summed E-state index contributed by atoms with van der Waals surface area (Å²) in [6.45, 7) is 8.31. The van der Waals surface area contributed by atoms with Crippen LogP contribution >= 0.6 is 0 Å². The number of hydrogen-bond donors (Lipinski definition) is 2. The molecule has 37 heavy (non-hydrogen) atoms. The van der Waals surface area contributed by atoms with Crippen molar-refractivity contribution in [1.82, 2.24) is 14.9 Å². The molecule has 1 unspecified atom stereocenters. The fourth-order valence-corrected chi connectivity index (χ4v) is 4.34. The molecule has 2 N–H and O–H groups in total. The van der Waals surface area contributed by atoms with Crippen molar-refractivity contribution in [2.45, 2.75) is 25.6 Å². The molecule has 1 aliphatic rings. The smallest absolute Gasteiger partial charge is 0.244 e. The lowest BCUT2D eigenvalue weighted by molar-refractivity contribution is -0.118. The number of ether oxygens (including phenoxy) is 1. The van der Waals surface area contributed by atoms with Crippen LogP contribution in [0.15, 0.2) is 79.3 Å². The molecule has 186 valence electrons. The molecule has 2 heterocycles. The van der Waals surface area contributed by atoms with E-state index in [1.54, 1.807) is 53.8 Å². The molecule has 1 fully saturated rings. The maximum atomic E-state index is 14.0. The molecular formula is C28H24FN5O3. The van der Waals surface area contributed by atoms with Crippen molar-refractivity contribution in [3.05, 3.63) is 108 Å². The van der Waals surface area contributed by atoms with Gasteiger partial charge in [0.1, 0.15) is 5.82 Å². The van der Waals surface area contributed by atoms with Crippen molar-refractivity contribution in [1.29, 1.82) is 0 Å². The minimum atomic E-state index is -0.546. The first-order valence-corrected chi connectivity index (χ1v) is 11.8. The second-order valence-electron chi connectivity index (χ2n) is 8.66. The minimum Gasteiger partial charge on any atom is -0.504 e. The summed E-state index contributed by atoms with van der Waals surface area (Å²) in [7, 11) is 0. The van der Waals surface area contributed by atoms with E-state index in [-0.39, 0.29) is 17.3 Å². The van der Waals surface area contributed by atoms with Gasteiger partial charge in [-0.3, -0.25) is 4.79 Å². The van der Waals surface area contributed by atoms with Gasteiger partial charge in [0.15, 0.2) is 17.2 Å². The molecular weight excluding hydrogens is 473 g/mol. The van der Waals surface area contributed by atoms with Crippen molar-refractivity contribution >= 4 is 17.3 Å². The van der Waals surface area contributed by atoms with E-state index in [2.05, 4.69) is 15.1 Å². The van der Waals surface area contributed by atoms with E-state index in [1.165, 1.54) is 12.1 Å². The third kappa shape index (κ3) is 5.15. The third-order valence-corrected chi connectivity index (χ3v) is 6.26. The molecule has 0 saturated carbocycles. The normalized spacial score (nSPS) is 15.1. The first kappa shape index (κ1) is 24.0. The van der Waals surface area contributed by atoms with E-state index in [4.69, 9.17) is 11.3 Å². The number of imidazole rings is 1. The number of phenolic OH excluding ortho intramolecular Hbond substituents is 1. The fourth-order valence-electron chi connectivity index (χ4n) is 4.34. The van der Waals surface area contributed by atoms with Crippen LogP contribution in [0.5, 0.6) is 17.2 Å². The molecule has 0 bridgehead atoms. The quantitative estimate of drug-likeness (QED) is 0.334. The Bertz CT molecular complexity index is 1480. The third-order valence-electron chi connectivity index (χ3n) is 6.26. The van der Waals surface area contributed by atoms with Gasteiger partial charge in [-0.1, -0.05) is 36.4 Å². The van der Waals surface area contributed by atoms with Gasteiger partial charge in [-0.05, 0) is 42.3 Å². The fraction of sp³-hybridized carbons (Fsp3) is 0.179. The summed E-state index contributed by atoms with van der Waals surface area (Å²) >= 11 is 0. The van der Waals surface area contributed by atoms with Crippen LogP contribution in [0.3, 0.4) is 0 Å². The zero-order valence-electron chi connectivity index (χ0n) is 19.8. The van der Waals surface area contributed by atoms with Gasteiger partial charge in [0, 0.05) is 25.8 Å². The Morgan fingerprint density at radius 3 is 2.70 bits per heavy atom. The number of halogens is 1. The van der Waals surface area contributed by atoms with Gasteiger partial charge >= 0.3 is 0 Å². The number of anilines is 1. The Kier molecular flexibility index (Phi) is 6.83. The highest BCUT2D eigenvalue weighted by Gasteiger charge is 2.33. The standard InChI is InChI=1S/C28H24FN5O3/c1-30-22-11-10-19(14-21(22)29)17-33-18-31-15-20(33)16-32-23-12-13-34(28(23)36)24-6-2-4-8-26(24)37-27-9-5-3-7-25(27)35/h2-11,14-15,18,23,32,35H,12-13,16-17H2. The predicted octanol–water partition coefficient (Wildman–Crippen LogP) is 5.01. The average molecular weight is 498 g/mol. The predicted molar refractivity (Wildman–Crippen MR) is 136 cm³/mol. The van der Waals surface area contributed by atoms with Gasteiger partial charge < -0.3 is 24.6 Å². The summed E-state index contributed by atoms with van der Waals surface area (Å²) in [5.41, 5.74) is 2.20.